The molecule has 1 aliphatic rings. The molecule has 13 heteroatoms. The van der Waals surface area contributed by atoms with Crippen LogP contribution in [0.3, 0.4) is 0 Å². The number of phenolic OH excluding ortho intramolecular Hbond substituents is 3. The first-order valence-electron chi connectivity index (χ1n) is 10.6. The van der Waals surface area contributed by atoms with Crippen molar-refractivity contribution in [2.45, 2.75) is 30.7 Å². The van der Waals surface area contributed by atoms with Gasteiger partial charge in [-0.05, 0) is 18.2 Å². The fourth-order valence-electron chi connectivity index (χ4n) is 3.89. The highest BCUT2D eigenvalue weighted by Gasteiger charge is 2.45. The van der Waals surface area contributed by atoms with Gasteiger partial charge in [0.2, 0.25) is 23.5 Å². The quantitative estimate of drug-likeness (QED) is 0.215. The van der Waals surface area contributed by atoms with Gasteiger partial charge in [-0.25, -0.2) is 0 Å². The minimum atomic E-state index is -1.80. The van der Waals surface area contributed by atoms with Gasteiger partial charge in [0, 0.05) is 11.6 Å². The van der Waals surface area contributed by atoms with Crippen LogP contribution in [0.4, 0.5) is 0 Å². The van der Waals surface area contributed by atoms with Gasteiger partial charge in [0.15, 0.2) is 28.3 Å². The molecule has 0 bridgehead atoms. The number of methoxy groups -OCH3 is 2. The molecule has 7 N–H and O–H groups in total. The van der Waals surface area contributed by atoms with Crippen molar-refractivity contribution in [1.82, 2.24) is 0 Å². The van der Waals surface area contributed by atoms with E-state index < -0.39 is 65.7 Å². The van der Waals surface area contributed by atoms with Gasteiger partial charge in [0.05, 0.1) is 20.8 Å². The number of phenols is 3. The van der Waals surface area contributed by atoms with Crippen LogP contribution in [0.2, 0.25) is 0 Å². The first-order chi connectivity index (χ1) is 17.1. The molecule has 194 valence electrons. The Morgan fingerprint density at radius 1 is 0.889 bits per heavy atom. The zero-order valence-electron chi connectivity index (χ0n) is 19.0. The summed E-state index contributed by atoms with van der Waals surface area (Å²) in [6.45, 7) is -0.709. The summed E-state index contributed by atoms with van der Waals surface area (Å²) in [5.41, 5.74) is -0.809. The molecular formula is C23H24O13. The predicted octanol–water partition coefficient (Wildman–Crippen LogP) is -0.227. The van der Waals surface area contributed by atoms with Gasteiger partial charge in [-0.15, -0.1) is 0 Å². The van der Waals surface area contributed by atoms with E-state index in [1.165, 1.54) is 19.2 Å². The molecule has 1 aliphatic heterocycles. The summed E-state index contributed by atoms with van der Waals surface area (Å²) in [5, 5.41) is 69.8. The van der Waals surface area contributed by atoms with Gasteiger partial charge in [0.1, 0.15) is 35.6 Å². The lowest BCUT2D eigenvalue weighted by Crippen LogP contribution is -2.60. The summed E-state index contributed by atoms with van der Waals surface area (Å²) < 4.78 is 27.4. The van der Waals surface area contributed by atoms with E-state index in [0.717, 1.165) is 19.2 Å². The molecule has 0 unspecified atom stereocenters. The Balaban J connectivity index is 1.91. The van der Waals surface area contributed by atoms with Crippen molar-refractivity contribution >= 4 is 11.0 Å². The Bertz CT molecular complexity index is 1330. The topological polar surface area (TPSA) is 209 Å². The van der Waals surface area contributed by atoms with Crippen LogP contribution in [0.25, 0.3) is 22.3 Å². The van der Waals surface area contributed by atoms with E-state index in [9.17, 15) is 40.5 Å². The van der Waals surface area contributed by atoms with E-state index in [1.807, 2.05) is 0 Å². The Kier molecular flexibility index (Phi) is 6.84. The molecule has 5 atom stereocenters. The molecule has 0 amide bonds. The highest BCUT2D eigenvalue weighted by atomic mass is 16.7. The molecule has 0 aliphatic carbocycles. The standard InChI is InChI=1S/C23H24O13/c1-32-20-16(29)14-11(27)6-12(8-3-4-9(25)10(26)5-8)34-19(14)21(33-2)22(20)36-23-18(31)17(30)15(28)13(7-24)35-23/h3-6,13,15,17-18,23-26,28-31H,7H2,1-2H3/t13-,15+,17-,18+,23-/m0/s1. The van der Waals surface area contributed by atoms with E-state index in [1.54, 1.807) is 0 Å². The smallest absolute Gasteiger partial charge is 0.229 e. The first-order valence-corrected chi connectivity index (χ1v) is 10.6. The zero-order valence-corrected chi connectivity index (χ0v) is 19.0. The van der Waals surface area contributed by atoms with E-state index in [-0.39, 0.29) is 33.8 Å². The molecule has 3 aromatic rings. The van der Waals surface area contributed by atoms with Gasteiger partial charge in [-0.3, -0.25) is 4.79 Å². The van der Waals surface area contributed by atoms with Crippen molar-refractivity contribution in [3.8, 4) is 45.8 Å². The molecule has 0 radical (unpaired) electrons. The lowest BCUT2D eigenvalue weighted by molar-refractivity contribution is -0.277. The Labute approximate surface area is 202 Å². The molecule has 1 fully saturated rings. The average Bonchev–Trinajstić information content (AvgIpc) is 2.85. The van der Waals surface area contributed by atoms with Crippen LogP contribution in [0.5, 0.6) is 34.5 Å². The molecule has 2 heterocycles. The van der Waals surface area contributed by atoms with Gasteiger partial charge < -0.3 is 59.1 Å². The predicted molar refractivity (Wildman–Crippen MR) is 120 cm³/mol. The zero-order chi connectivity index (χ0) is 26.3. The fourth-order valence-corrected chi connectivity index (χ4v) is 3.89. The fraction of sp³-hybridized carbons (Fsp3) is 0.348. The Morgan fingerprint density at radius 3 is 2.19 bits per heavy atom. The number of aliphatic hydroxyl groups excluding tert-OH is 4. The van der Waals surface area contributed by atoms with Crippen molar-refractivity contribution < 1.29 is 59.1 Å². The van der Waals surface area contributed by atoms with Crippen LogP contribution < -0.4 is 19.6 Å². The minimum absolute atomic E-state index is 0.0653. The second-order valence-corrected chi connectivity index (χ2v) is 7.94. The third-order valence-electron chi connectivity index (χ3n) is 5.77. The average molecular weight is 508 g/mol. The maximum Gasteiger partial charge on any atom is 0.229 e. The Hall–Kier alpha value is -3.75. The number of rotatable bonds is 6. The van der Waals surface area contributed by atoms with Gasteiger partial charge in [-0.1, -0.05) is 0 Å². The molecular weight excluding hydrogens is 484 g/mol. The lowest BCUT2D eigenvalue weighted by Gasteiger charge is -2.39. The summed E-state index contributed by atoms with van der Waals surface area (Å²) >= 11 is 0. The summed E-state index contributed by atoms with van der Waals surface area (Å²) in [5.74, 6) is -2.66. The Morgan fingerprint density at radius 2 is 1.58 bits per heavy atom. The van der Waals surface area contributed by atoms with Crippen molar-refractivity contribution in [2.24, 2.45) is 0 Å². The normalized spacial score (nSPS) is 24.0. The van der Waals surface area contributed by atoms with Crippen molar-refractivity contribution in [2.75, 3.05) is 20.8 Å². The summed E-state index contributed by atoms with van der Waals surface area (Å²) in [7, 11) is 2.36. The maximum atomic E-state index is 13.0. The summed E-state index contributed by atoms with van der Waals surface area (Å²) in [4.78, 5) is 13.0. The SMILES string of the molecule is COc1c(O[C@@H]2O[C@@H](CO)[C@@H](O)[C@H](O)[C@H]2O)c(OC)c2oc(-c3ccc(O)c(O)c3)cc(=O)c2c1O. The van der Waals surface area contributed by atoms with E-state index in [2.05, 4.69) is 0 Å². The number of hydrogen-bond donors (Lipinski definition) is 7. The van der Waals surface area contributed by atoms with Crippen LogP contribution in [0.15, 0.2) is 33.5 Å². The van der Waals surface area contributed by atoms with Crippen LogP contribution in [0, 0.1) is 0 Å². The van der Waals surface area contributed by atoms with Crippen LogP contribution in [-0.2, 0) is 4.74 Å². The number of hydrogen-bond acceptors (Lipinski definition) is 13. The number of aromatic hydroxyl groups is 3. The van der Waals surface area contributed by atoms with E-state index in [4.69, 9.17) is 23.4 Å². The van der Waals surface area contributed by atoms with Crippen LogP contribution >= 0.6 is 0 Å². The van der Waals surface area contributed by atoms with Crippen LogP contribution in [-0.4, -0.2) is 87.3 Å². The third-order valence-corrected chi connectivity index (χ3v) is 5.77. The second-order valence-electron chi connectivity index (χ2n) is 7.94. The largest absolute Gasteiger partial charge is 0.504 e. The number of fused-ring (bicyclic) bond motifs is 1. The molecule has 1 saturated heterocycles. The molecule has 0 saturated carbocycles. The van der Waals surface area contributed by atoms with E-state index >= 15 is 0 Å². The summed E-state index contributed by atoms with van der Waals surface area (Å²) in [6.07, 6.45) is -8.15. The number of benzene rings is 2. The number of ether oxygens (including phenoxy) is 4. The van der Waals surface area contributed by atoms with Crippen molar-refractivity contribution in [3.05, 3.63) is 34.5 Å². The van der Waals surface area contributed by atoms with Crippen LogP contribution in [0.1, 0.15) is 0 Å². The third kappa shape index (κ3) is 4.12. The maximum absolute atomic E-state index is 13.0. The first kappa shape index (κ1) is 25.3. The van der Waals surface area contributed by atoms with Gasteiger partial charge >= 0.3 is 0 Å². The molecule has 1 aromatic heterocycles. The van der Waals surface area contributed by atoms with Crippen molar-refractivity contribution in [1.29, 1.82) is 0 Å². The van der Waals surface area contributed by atoms with E-state index in [0.29, 0.717) is 0 Å². The number of aliphatic hydroxyl groups is 4. The highest BCUT2D eigenvalue weighted by Crippen LogP contribution is 2.51. The van der Waals surface area contributed by atoms with Gasteiger partial charge in [-0.2, -0.15) is 0 Å². The summed E-state index contributed by atoms with van der Waals surface area (Å²) in [6, 6.07) is 4.76. The minimum Gasteiger partial charge on any atom is -0.504 e. The molecule has 36 heavy (non-hydrogen) atoms. The lowest BCUT2D eigenvalue weighted by atomic mass is 9.99. The molecule has 13 nitrogen and oxygen atoms in total. The monoisotopic (exact) mass is 508 g/mol. The molecule has 2 aromatic carbocycles. The van der Waals surface area contributed by atoms with Gasteiger partial charge in [0.25, 0.3) is 0 Å². The van der Waals surface area contributed by atoms with Crippen molar-refractivity contribution in [3.63, 3.8) is 0 Å². The second kappa shape index (κ2) is 9.72. The molecule has 4 rings (SSSR count). The molecule has 0 spiro atoms. The highest BCUT2D eigenvalue weighted by molar-refractivity contribution is 5.95.